The number of aromatic nitrogens is 2. The van der Waals surface area contributed by atoms with Gasteiger partial charge in [-0.15, -0.1) is 0 Å². The number of rotatable bonds is 7. The van der Waals surface area contributed by atoms with Crippen molar-refractivity contribution in [1.29, 1.82) is 0 Å². The highest BCUT2D eigenvalue weighted by Crippen LogP contribution is 2.48. The van der Waals surface area contributed by atoms with E-state index >= 15 is 0 Å². The molecule has 1 saturated carbocycles. The van der Waals surface area contributed by atoms with E-state index in [4.69, 9.17) is 17.3 Å². The number of likely N-dealkylation sites (tertiary alicyclic amines) is 1. The summed E-state index contributed by atoms with van der Waals surface area (Å²) in [6.45, 7) is 1.42. The zero-order valence-corrected chi connectivity index (χ0v) is 19.4. The Morgan fingerprint density at radius 1 is 1.21 bits per heavy atom. The Morgan fingerprint density at radius 3 is 2.76 bits per heavy atom. The number of amides is 1. The molecule has 2 N–H and O–H groups in total. The van der Waals surface area contributed by atoms with E-state index in [2.05, 4.69) is 4.98 Å². The third-order valence-electron chi connectivity index (χ3n) is 6.87. The van der Waals surface area contributed by atoms with Crippen LogP contribution >= 0.6 is 11.6 Å². The minimum Gasteiger partial charge on any atom is -0.384 e. The molecule has 34 heavy (non-hydrogen) atoms. The number of nitrogens with zero attached hydrogens (tertiary/aromatic N) is 3. The normalized spacial score (nSPS) is 21.0. The van der Waals surface area contributed by atoms with Crippen LogP contribution < -0.4 is 5.73 Å². The molecular formula is C25H24ClFN4O3. The van der Waals surface area contributed by atoms with Gasteiger partial charge in [-0.3, -0.25) is 14.4 Å². The van der Waals surface area contributed by atoms with Gasteiger partial charge in [0.25, 0.3) is 0 Å². The highest BCUT2D eigenvalue weighted by molar-refractivity contribution is 6.30. The molecule has 3 aromatic rings. The van der Waals surface area contributed by atoms with Crippen molar-refractivity contribution in [3.8, 4) is 0 Å². The van der Waals surface area contributed by atoms with Crippen molar-refractivity contribution in [1.82, 2.24) is 14.5 Å². The number of piperidine rings is 1. The molecule has 3 heterocycles. The molecular weight excluding hydrogens is 459 g/mol. The Kier molecular flexibility index (Phi) is 5.64. The van der Waals surface area contributed by atoms with Crippen LogP contribution in [0.3, 0.4) is 0 Å². The van der Waals surface area contributed by atoms with Crippen LogP contribution in [0.25, 0.3) is 11.0 Å². The summed E-state index contributed by atoms with van der Waals surface area (Å²) in [5, 5.41) is 0.665. The second kappa shape index (κ2) is 8.51. The highest BCUT2D eigenvalue weighted by atomic mass is 35.5. The topological polar surface area (TPSA) is 98.3 Å². The SMILES string of the molecule is CC(=O)c1cn(CC(=O)N2[C@@H]3C[C@@H]3C[C@H]2C(=O)CCc2cccc(Cl)c2F)c2nc(N)ccc12. The fourth-order valence-corrected chi connectivity index (χ4v) is 5.27. The summed E-state index contributed by atoms with van der Waals surface area (Å²) in [7, 11) is 0. The van der Waals surface area contributed by atoms with Crippen LogP contribution in [-0.4, -0.2) is 44.0 Å². The molecule has 2 aromatic heterocycles. The maximum absolute atomic E-state index is 14.2. The molecule has 2 aliphatic rings. The van der Waals surface area contributed by atoms with E-state index in [1.807, 2.05) is 0 Å². The molecule has 7 nitrogen and oxygen atoms in total. The monoisotopic (exact) mass is 482 g/mol. The molecule has 0 bridgehead atoms. The summed E-state index contributed by atoms with van der Waals surface area (Å²) >= 11 is 5.85. The number of Topliss-reactive ketones (excluding diaryl/α,β-unsaturated/α-hetero) is 2. The largest absolute Gasteiger partial charge is 0.384 e. The van der Waals surface area contributed by atoms with Crippen molar-refractivity contribution in [2.24, 2.45) is 5.92 Å². The Balaban J connectivity index is 1.34. The van der Waals surface area contributed by atoms with Crippen molar-refractivity contribution in [3.63, 3.8) is 0 Å². The van der Waals surface area contributed by atoms with Crippen LogP contribution in [0.5, 0.6) is 0 Å². The van der Waals surface area contributed by atoms with Crippen LogP contribution in [-0.2, 0) is 22.6 Å². The summed E-state index contributed by atoms with van der Waals surface area (Å²) < 4.78 is 15.8. The molecule has 0 radical (unpaired) electrons. The first-order valence-corrected chi connectivity index (χ1v) is 11.7. The second-order valence-electron chi connectivity index (χ2n) is 9.13. The first-order chi connectivity index (χ1) is 16.2. The van der Waals surface area contributed by atoms with Gasteiger partial charge in [0, 0.05) is 29.6 Å². The lowest BCUT2D eigenvalue weighted by Gasteiger charge is -2.27. The van der Waals surface area contributed by atoms with E-state index in [9.17, 15) is 18.8 Å². The fourth-order valence-electron chi connectivity index (χ4n) is 5.08. The summed E-state index contributed by atoms with van der Waals surface area (Å²) in [6, 6.07) is 7.62. The molecule has 2 fully saturated rings. The van der Waals surface area contributed by atoms with E-state index < -0.39 is 11.9 Å². The van der Waals surface area contributed by atoms with Gasteiger partial charge in [-0.25, -0.2) is 9.37 Å². The van der Waals surface area contributed by atoms with Crippen molar-refractivity contribution >= 4 is 45.9 Å². The number of aryl methyl sites for hydroxylation is 1. The van der Waals surface area contributed by atoms with Crippen molar-refractivity contribution < 1.29 is 18.8 Å². The number of carbonyl (C=O) groups excluding carboxylic acids is 3. The first kappa shape index (κ1) is 22.5. The number of ketones is 2. The molecule has 5 rings (SSSR count). The van der Waals surface area contributed by atoms with Crippen LogP contribution in [0, 0.1) is 11.7 Å². The van der Waals surface area contributed by atoms with Gasteiger partial charge >= 0.3 is 0 Å². The van der Waals surface area contributed by atoms with Gasteiger partial charge in [0.05, 0.1) is 11.1 Å². The summed E-state index contributed by atoms with van der Waals surface area (Å²) in [5.41, 5.74) is 7.16. The number of fused-ring (bicyclic) bond motifs is 2. The molecule has 1 aromatic carbocycles. The molecule has 0 spiro atoms. The summed E-state index contributed by atoms with van der Waals surface area (Å²) in [6.07, 6.45) is 3.49. The molecule has 1 aliphatic carbocycles. The van der Waals surface area contributed by atoms with Crippen LogP contribution in [0.1, 0.15) is 42.1 Å². The quantitative estimate of drug-likeness (QED) is 0.516. The molecule has 0 unspecified atom stereocenters. The van der Waals surface area contributed by atoms with Gasteiger partial charge in [-0.05, 0) is 55.9 Å². The Labute approximate surface area is 200 Å². The standard InChI is InChI=1S/C25H24ClFN4O3/c1-13(32)17-11-30(25-16(17)6-8-22(28)29-25)12-23(34)31-19-9-15(19)10-20(31)21(33)7-5-14-3-2-4-18(26)24(14)27/h2-4,6,8,11,15,19-20H,5,7,9-10,12H2,1H3,(H2,28,29)/t15-,19-,20+/m1/s1. The summed E-state index contributed by atoms with van der Waals surface area (Å²) in [4.78, 5) is 44.5. The minimum absolute atomic E-state index is 0.0296. The lowest BCUT2D eigenvalue weighted by Crippen LogP contribution is -2.44. The third kappa shape index (κ3) is 3.96. The number of nitrogen functional groups attached to an aromatic ring is 1. The van der Waals surface area contributed by atoms with E-state index in [1.165, 1.54) is 13.0 Å². The summed E-state index contributed by atoms with van der Waals surface area (Å²) in [5.74, 6) is -0.306. The third-order valence-corrected chi connectivity index (χ3v) is 7.16. The van der Waals surface area contributed by atoms with Gasteiger partial charge in [-0.1, -0.05) is 23.7 Å². The smallest absolute Gasteiger partial charge is 0.243 e. The maximum atomic E-state index is 14.2. The minimum atomic E-state index is -0.523. The number of carbonyl (C=O) groups is 3. The Morgan fingerprint density at radius 2 is 2.00 bits per heavy atom. The van der Waals surface area contributed by atoms with E-state index in [-0.39, 0.29) is 47.9 Å². The average molecular weight is 483 g/mol. The van der Waals surface area contributed by atoms with Gasteiger partial charge in [0.2, 0.25) is 5.91 Å². The Bertz CT molecular complexity index is 1340. The first-order valence-electron chi connectivity index (χ1n) is 11.3. The zero-order valence-electron chi connectivity index (χ0n) is 18.6. The number of halogens is 2. The molecule has 1 amide bonds. The van der Waals surface area contributed by atoms with E-state index in [0.29, 0.717) is 40.3 Å². The second-order valence-corrected chi connectivity index (χ2v) is 9.54. The molecule has 9 heteroatoms. The fraction of sp³-hybridized carbons (Fsp3) is 0.360. The average Bonchev–Trinajstić information content (AvgIpc) is 3.31. The lowest BCUT2D eigenvalue weighted by molar-refractivity contribution is -0.139. The van der Waals surface area contributed by atoms with Gasteiger partial charge in [0.1, 0.15) is 23.8 Å². The molecule has 176 valence electrons. The number of benzene rings is 1. The number of nitrogens with two attached hydrogens (primary N) is 1. The van der Waals surface area contributed by atoms with Gasteiger partial charge < -0.3 is 15.2 Å². The van der Waals surface area contributed by atoms with Crippen molar-refractivity contribution in [2.75, 3.05) is 5.73 Å². The highest BCUT2D eigenvalue weighted by Gasteiger charge is 2.55. The predicted octanol–water partition coefficient (Wildman–Crippen LogP) is 3.80. The zero-order chi connectivity index (χ0) is 24.1. The van der Waals surface area contributed by atoms with Crippen LogP contribution in [0.15, 0.2) is 36.5 Å². The number of hydrogen-bond donors (Lipinski definition) is 1. The maximum Gasteiger partial charge on any atom is 0.243 e. The van der Waals surface area contributed by atoms with E-state index in [0.717, 1.165) is 6.42 Å². The van der Waals surface area contributed by atoms with Crippen LogP contribution in [0.4, 0.5) is 10.2 Å². The molecule has 1 saturated heterocycles. The van der Waals surface area contributed by atoms with Crippen molar-refractivity contribution in [3.05, 3.63) is 58.5 Å². The van der Waals surface area contributed by atoms with Crippen LogP contribution in [0.2, 0.25) is 5.02 Å². The number of pyridine rings is 1. The van der Waals surface area contributed by atoms with Gasteiger partial charge in [0.15, 0.2) is 11.6 Å². The van der Waals surface area contributed by atoms with Crippen molar-refractivity contribution in [2.45, 2.75) is 51.2 Å². The predicted molar refractivity (Wildman–Crippen MR) is 126 cm³/mol. The van der Waals surface area contributed by atoms with Gasteiger partial charge in [-0.2, -0.15) is 0 Å². The number of anilines is 1. The Hall–Kier alpha value is -3.26. The molecule has 3 atom stereocenters. The number of hydrogen-bond acceptors (Lipinski definition) is 5. The molecule has 1 aliphatic heterocycles. The lowest BCUT2D eigenvalue weighted by atomic mass is 10.00. The van der Waals surface area contributed by atoms with E-state index in [1.54, 1.807) is 39.9 Å².